The first-order chi connectivity index (χ1) is 9.75. The van der Waals surface area contributed by atoms with Gasteiger partial charge >= 0.3 is 5.97 Å². The molecule has 2 heterocycles. The summed E-state index contributed by atoms with van der Waals surface area (Å²) in [5.41, 5.74) is 1.35. The highest BCUT2D eigenvalue weighted by Crippen LogP contribution is 2.30. The second-order valence-corrected chi connectivity index (χ2v) is 5.31. The van der Waals surface area contributed by atoms with Crippen LogP contribution >= 0.6 is 0 Å². The fraction of sp³-hybridized carbons (Fsp3) is 0.533. The topological polar surface area (TPSA) is 41.6 Å². The van der Waals surface area contributed by atoms with E-state index < -0.39 is 0 Å². The molecule has 0 radical (unpaired) electrons. The number of cyclic esters (lactones) is 1. The Morgan fingerprint density at radius 1 is 1.30 bits per heavy atom. The molecule has 3 rings (SSSR count). The third-order valence-corrected chi connectivity index (χ3v) is 4.00. The van der Waals surface area contributed by atoms with E-state index in [0.717, 1.165) is 44.6 Å². The molecule has 1 N–H and O–H groups in total. The number of nitrogens with one attached hydrogen (secondary N) is 1. The molecule has 0 aromatic heterocycles. The summed E-state index contributed by atoms with van der Waals surface area (Å²) in [5.74, 6) is -0.788. The van der Waals surface area contributed by atoms with Gasteiger partial charge < -0.3 is 15.0 Å². The first kappa shape index (κ1) is 13.4. The minimum Gasteiger partial charge on any atom is -0.465 e. The lowest BCUT2D eigenvalue weighted by molar-refractivity contribution is -0.149. The fourth-order valence-electron chi connectivity index (χ4n) is 2.88. The molecule has 2 aliphatic rings. The van der Waals surface area contributed by atoms with Crippen molar-refractivity contribution >= 4 is 11.7 Å². The van der Waals surface area contributed by atoms with Crippen LogP contribution in [0.15, 0.2) is 18.2 Å². The SMILES string of the molecule is O=C1OCCCC1c1ccc(N2CCNCC2)c(F)c1. The molecular weight excluding hydrogens is 259 g/mol. The Bertz CT molecular complexity index is 501. The van der Waals surface area contributed by atoms with Gasteiger partial charge in [0.2, 0.25) is 0 Å². The number of anilines is 1. The molecule has 0 aliphatic carbocycles. The quantitative estimate of drug-likeness (QED) is 0.835. The van der Waals surface area contributed by atoms with Crippen molar-refractivity contribution < 1.29 is 13.9 Å². The Labute approximate surface area is 117 Å². The van der Waals surface area contributed by atoms with Gasteiger partial charge in [-0.3, -0.25) is 4.79 Å². The van der Waals surface area contributed by atoms with Gasteiger partial charge in [0, 0.05) is 26.2 Å². The lowest BCUT2D eigenvalue weighted by Gasteiger charge is -2.30. The fourth-order valence-corrected chi connectivity index (χ4v) is 2.88. The summed E-state index contributed by atoms with van der Waals surface area (Å²) in [5, 5.41) is 3.25. The van der Waals surface area contributed by atoms with Crippen LogP contribution in [0, 0.1) is 5.82 Å². The molecule has 2 fully saturated rings. The molecule has 0 spiro atoms. The Kier molecular flexibility index (Phi) is 3.87. The van der Waals surface area contributed by atoms with Crippen molar-refractivity contribution in [3.05, 3.63) is 29.6 Å². The van der Waals surface area contributed by atoms with Crippen LogP contribution in [-0.4, -0.2) is 38.8 Å². The molecule has 0 bridgehead atoms. The minimum absolute atomic E-state index is 0.231. The number of hydrogen-bond donors (Lipinski definition) is 1. The highest BCUT2D eigenvalue weighted by atomic mass is 19.1. The Morgan fingerprint density at radius 3 is 2.80 bits per heavy atom. The summed E-state index contributed by atoms with van der Waals surface area (Å²) in [4.78, 5) is 13.8. The van der Waals surface area contributed by atoms with Gasteiger partial charge in [-0.25, -0.2) is 4.39 Å². The van der Waals surface area contributed by atoms with Crippen molar-refractivity contribution in [3.63, 3.8) is 0 Å². The number of halogens is 1. The maximum Gasteiger partial charge on any atom is 0.313 e. The predicted molar refractivity (Wildman–Crippen MR) is 74.4 cm³/mol. The van der Waals surface area contributed by atoms with E-state index in [9.17, 15) is 9.18 Å². The molecule has 4 nitrogen and oxygen atoms in total. The number of esters is 1. The number of hydrogen-bond acceptors (Lipinski definition) is 4. The van der Waals surface area contributed by atoms with Gasteiger partial charge in [0.05, 0.1) is 18.2 Å². The molecule has 2 saturated heterocycles. The summed E-state index contributed by atoms with van der Waals surface area (Å²) in [6, 6.07) is 5.14. The smallest absolute Gasteiger partial charge is 0.313 e. The zero-order valence-electron chi connectivity index (χ0n) is 11.4. The number of carbonyl (C=O) groups is 1. The Morgan fingerprint density at radius 2 is 2.10 bits per heavy atom. The van der Waals surface area contributed by atoms with Crippen LogP contribution in [0.2, 0.25) is 0 Å². The molecule has 1 aromatic carbocycles. The van der Waals surface area contributed by atoms with Crippen LogP contribution < -0.4 is 10.2 Å². The van der Waals surface area contributed by atoms with E-state index in [4.69, 9.17) is 4.74 Å². The van der Waals surface area contributed by atoms with E-state index in [-0.39, 0.29) is 17.7 Å². The molecular formula is C15H19FN2O2. The van der Waals surface area contributed by atoms with E-state index in [1.54, 1.807) is 6.07 Å². The van der Waals surface area contributed by atoms with Crippen LogP contribution in [0.3, 0.4) is 0 Å². The molecule has 2 aliphatic heterocycles. The van der Waals surface area contributed by atoms with Gasteiger partial charge in [0.15, 0.2) is 0 Å². The first-order valence-electron chi connectivity index (χ1n) is 7.17. The van der Waals surface area contributed by atoms with Crippen LogP contribution in [0.5, 0.6) is 0 Å². The van der Waals surface area contributed by atoms with Crippen LogP contribution in [0.25, 0.3) is 0 Å². The molecule has 108 valence electrons. The number of benzene rings is 1. The van der Waals surface area contributed by atoms with Crippen LogP contribution in [0.4, 0.5) is 10.1 Å². The molecule has 0 amide bonds. The predicted octanol–water partition coefficient (Wildman–Crippen LogP) is 1.66. The molecule has 1 unspecified atom stereocenters. The Hall–Kier alpha value is -1.62. The highest BCUT2D eigenvalue weighted by Gasteiger charge is 2.27. The van der Waals surface area contributed by atoms with Crippen molar-refractivity contribution in [1.29, 1.82) is 0 Å². The molecule has 1 atom stereocenters. The van der Waals surface area contributed by atoms with Crippen molar-refractivity contribution in [2.75, 3.05) is 37.7 Å². The Balaban J connectivity index is 1.81. The standard InChI is InChI=1S/C15H19FN2O2/c16-13-10-11(12-2-1-9-20-15(12)19)3-4-14(13)18-7-5-17-6-8-18/h3-4,10,12,17H,1-2,5-9H2. The van der Waals surface area contributed by atoms with Gasteiger partial charge in [0.1, 0.15) is 5.82 Å². The molecule has 20 heavy (non-hydrogen) atoms. The second-order valence-electron chi connectivity index (χ2n) is 5.31. The third-order valence-electron chi connectivity index (χ3n) is 4.00. The molecule has 1 aromatic rings. The summed E-state index contributed by atoms with van der Waals surface area (Å²) < 4.78 is 19.4. The number of ether oxygens (including phenoxy) is 1. The first-order valence-corrected chi connectivity index (χ1v) is 7.17. The zero-order valence-corrected chi connectivity index (χ0v) is 11.4. The lowest BCUT2D eigenvalue weighted by Crippen LogP contribution is -2.43. The summed E-state index contributed by atoms with van der Waals surface area (Å²) in [7, 11) is 0. The second kappa shape index (κ2) is 5.79. The normalized spacial score (nSPS) is 23.6. The van der Waals surface area contributed by atoms with Gasteiger partial charge in [-0.1, -0.05) is 6.07 Å². The minimum atomic E-state index is -0.310. The lowest BCUT2D eigenvalue weighted by atomic mass is 9.92. The van der Waals surface area contributed by atoms with E-state index in [2.05, 4.69) is 5.32 Å². The zero-order chi connectivity index (χ0) is 13.9. The average molecular weight is 278 g/mol. The largest absolute Gasteiger partial charge is 0.465 e. The van der Waals surface area contributed by atoms with Gasteiger partial charge in [-0.2, -0.15) is 0 Å². The van der Waals surface area contributed by atoms with E-state index in [1.807, 2.05) is 11.0 Å². The van der Waals surface area contributed by atoms with E-state index >= 15 is 0 Å². The van der Waals surface area contributed by atoms with Gasteiger partial charge in [0.25, 0.3) is 0 Å². The number of nitrogens with zero attached hydrogens (tertiary/aromatic N) is 1. The summed E-state index contributed by atoms with van der Waals surface area (Å²) >= 11 is 0. The maximum atomic E-state index is 14.3. The third kappa shape index (κ3) is 2.63. The number of carbonyl (C=O) groups excluding carboxylic acids is 1. The summed E-state index contributed by atoms with van der Waals surface area (Å²) in [6.45, 7) is 3.84. The van der Waals surface area contributed by atoms with Gasteiger partial charge in [-0.15, -0.1) is 0 Å². The van der Waals surface area contributed by atoms with Gasteiger partial charge in [-0.05, 0) is 30.5 Å². The van der Waals surface area contributed by atoms with Crippen LogP contribution in [-0.2, 0) is 9.53 Å². The van der Waals surface area contributed by atoms with Crippen LogP contribution in [0.1, 0.15) is 24.3 Å². The maximum absolute atomic E-state index is 14.3. The van der Waals surface area contributed by atoms with E-state index in [0.29, 0.717) is 12.3 Å². The molecule has 5 heteroatoms. The number of rotatable bonds is 2. The van der Waals surface area contributed by atoms with Crippen molar-refractivity contribution in [2.24, 2.45) is 0 Å². The monoisotopic (exact) mass is 278 g/mol. The highest BCUT2D eigenvalue weighted by molar-refractivity contribution is 5.79. The van der Waals surface area contributed by atoms with Crippen molar-refractivity contribution in [2.45, 2.75) is 18.8 Å². The van der Waals surface area contributed by atoms with E-state index in [1.165, 1.54) is 6.07 Å². The summed E-state index contributed by atoms with van der Waals surface area (Å²) in [6.07, 6.45) is 1.59. The van der Waals surface area contributed by atoms with Crippen molar-refractivity contribution in [3.8, 4) is 0 Å². The molecule has 0 saturated carbocycles. The average Bonchev–Trinajstić information content (AvgIpc) is 2.48. The number of piperazine rings is 1. The van der Waals surface area contributed by atoms with Crippen molar-refractivity contribution in [1.82, 2.24) is 5.32 Å².